The number of halogens is 6. The molecule has 1 amide bonds. The van der Waals surface area contributed by atoms with Crippen molar-refractivity contribution in [2.45, 2.75) is 19.3 Å². The molecule has 1 saturated heterocycles. The maximum Gasteiger partial charge on any atom is 0.573 e. The molecular weight excluding hydrogens is 414 g/mol. The van der Waals surface area contributed by atoms with Gasteiger partial charge in [-0.3, -0.25) is 9.69 Å². The van der Waals surface area contributed by atoms with E-state index in [-0.39, 0.29) is 25.2 Å². The van der Waals surface area contributed by atoms with Gasteiger partial charge in [-0.25, -0.2) is 4.79 Å². The normalized spacial score (nSPS) is 15.7. The Balaban J connectivity index is 2.02. The first kappa shape index (κ1) is 22.6. The van der Waals surface area contributed by atoms with E-state index in [2.05, 4.69) is 9.47 Å². The molecule has 0 bridgehead atoms. The lowest BCUT2D eigenvalue weighted by Crippen LogP contribution is -2.49. The van der Waals surface area contributed by atoms with Crippen LogP contribution in [0.4, 0.5) is 31.1 Å². The second-order valence-electron chi connectivity index (χ2n) is 5.87. The molecule has 1 aromatic rings. The van der Waals surface area contributed by atoms with Crippen LogP contribution in [0.3, 0.4) is 0 Å². The van der Waals surface area contributed by atoms with Gasteiger partial charge in [-0.15, -0.1) is 26.3 Å². The van der Waals surface area contributed by atoms with Crippen LogP contribution in [0, 0.1) is 0 Å². The molecule has 0 spiro atoms. The highest BCUT2D eigenvalue weighted by Crippen LogP contribution is 2.31. The van der Waals surface area contributed by atoms with Crippen molar-refractivity contribution in [3.8, 4) is 11.5 Å². The molecule has 1 aliphatic rings. The van der Waals surface area contributed by atoms with Gasteiger partial charge in [0, 0.05) is 32.2 Å². The SMILES string of the molecule is O=[C]CN1CCN(C(=O)OCc2cc(OC(F)(F)F)cc(OC(F)(F)F)c2)CC1. The summed E-state index contributed by atoms with van der Waals surface area (Å²) < 4.78 is 86.5. The second-order valence-corrected chi connectivity index (χ2v) is 5.87. The highest BCUT2D eigenvalue weighted by atomic mass is 19.4. The van der Waals surface area contributed by atoms with Crippen LogP contribution in [0.15, 0.2) is 18.2 Å². The smallest absolute Gasteiger partial charge is 0.445 e. The summed E-state index contributed by atoms with van der Waals surface area (Å²) in [7, 11) is 0. The summed E-state index contributed by atoms with van der Waals surface area (Å²) in [6.07, 6.45) is -9.35. The fourth-order valence-corrected chi connectivity index (χ4v) is 2.52. The predicted octanol–water partition coefficient (Wildman–Crippen LogP) is 2.85. The van der Waals surface area contributed by atoms with E-state index in [9.17, 15) is 35.9 Å². The molecule has 0 aliphatic carbocycles. The number of benzene rings is 1. The van der Waals surface area contributed by atoms with Crippen molar-refractivity contribution >= 4 is 12.4 Å². The van der Waals surface area contributed by atoms with Gasteiger partial charge < -0.3 is 19.1 Å². The average Bonchev–Trinajstić information content (AvgIpc) is 2.57. The van der Waals surface area contributed by atoms with Gasteiger partial charge in [0.1, 0.15) is 18.1 Å². The lowest BCUT2D eigenvalue weighted by atomic mass is 10.2. The number of nitrogens with zero attached hydrogens (tertiary/aromatic N) is 2. The molecule has 1 aromatic carbocycles. The maximum absolute atomic E-state index is 12.4. The summed E-state index contributed by atoms with van der Waals surface area (Å²) in [6.45, 7) is 0.743. The van der Waals surface area contributed by atoms with Gasteiger partial charge in [0.2, 0.25) is 6.29 Å². The van der Waals surface area contributed by atoms with Crippen LogP contribution in [0.5, 0.6) is 11.5 Å². The Kier molecular flexibility index (Phi) is 7.16. The van der Waals surface area contributed by atoms with Crippen LogP contribution < -0.4 is 9.47 Å². The van der Waals surface area contributed by atoms with Crippen LogP contribution in [-0.2, 0) is 16.1 Å². The van der Waals surface area contributed by atoms with Gasteiger partial charge in [-0.1, -0.05) is 0 Å². The van der Waals surface area contributed by atoms with Crippen molar-refractivity contribution in [3.05, 3.63) is 23.8 Å². The maximum atomic E-state index is 12.4. The van der Waals surface area contributed by atoms with Gasteiger partial charge in [0.25, 0.3) is 0 Å². The zero-order valence-corrected chi connectivity index (χ0v) is 14.7. The van der Waals surface area contributed by atoms with Crippen molar-refractivity contribution in [2.24, 2.45) is 0 Å². The van der Waals surface area contributed by atoms with Crippen molar-refractivity contribution in [3.63, 3.8) is 0 Å². The molecule has 0 aromatic heterocycles. The summed E-state index contributed by atoms with van der Waals surface area (Å²) >= 11 is 0. The number of alkyl halides is 6. The van der Waals surface area contributed by atoms with E-state index in [1.54, 1.807) is 11.2 Å². The van der Waals surface area contributed by atoms with E-state index in [1.165, 1.54) is 4.90 Å². The molecule has 161 valence electrons. The van der Waals surface area contributed by atoms with Crippen LogP contribution in [0.1, 0.15) is 5.56 Å². The molecule has 7 nitrogen and oxygen atoms in total. The van der Waals surface area contributed by atoms with Gasteiger partial charge in [-0.05, 0) is 17.7 Å². The Bertz CT molecular complexity index is 682. The summed E-state index contributed by atoms with van der Waals surface area (Å²) in [4.78, 5) is 25.4. The molecule has 1 fully saturated rings. The van der Waals surface area contributed by atoms with Crippen LogP contribution in [0.2, 0.25) is 0 Å². The molecule has 0 atom stereocenters. The number of rotatable bonds is 6. The fourth-order valence-electron chi connectivity index (χ4n) is 2.52. The Labute approximate surface area is 160 Å². The number of piperazine rings is 1. The van der Waals surface area contributed by atoms with E-state index in [4.69, 9.17) is 4.74 Å². The number of amides is 1. The summed E-state index contributed by atoms with van der Waals surface area (Å²) in [5.41, 5.74) is -0.200. The molecule has 0 saturated carbocycles. The van der Waals surface area contributed by atoms with Crippen molar-refractivity contribution in [1.29, 1.82) is 0 Å². The minimum absolute atomic E-state index is 0.0941. The highest BCUT2D eigenvalue weighted by molar-refractivity contribution is 5.67. The molecule has 0 unspecified atom stereocenters. The Hall–Kier alpha value is -2.70. The number of carbonyl (C=O) groups is 1. The van der Waals surface area contributed by atoms with Crippen LogP contribution in [-0.4, -0.2) is 67.6 Å². The van der Waals surface area contributed by atoms with Gasteiger partial charge in [0.15, 0.2) is 0 Å². The third kappa shape index (κ3) is 8.05. The van der Waals surface area contributed by atoms with E-state index in [0.29, 0.717) is 19.2 Å². The first-order chi connectivity index (χ1) is 13.4. The minimum Gasteiger partial charge on any atom is -0.445 e. The quantitative estimate of drug-likeness (QED) is 0.648. The van der Waals surface area contributed by atoms with Gasteiger partial charge in [-0.2, -0.15) is 0 Å². The molecule has 0 N–H and O–H groups in total. The predicted molar refractivity (Wildman–Crippen MR) is 83.7 cm³/mol. The van der Waals surface area contributed by atoms with Crippen molar-refractivity contribution in [1.82, 2.24) is 9.80 Å². The summed E-state index contributed by atoms with van der Waals surface area (Å²) in [5.74, 6) is -1.91. The van der Waals surface area contributed by atoms with Gasteiger partial charge in [0.05, 0.1) is 6.54 Å². The zero-order chi connectivity index (χ0) is 21.7. The van der Waals surface area contributed by atoms with Crippen LogP contribution in [0.25, 0.3) is 0 Å². The van der Waals surface area contributed by atoms with E-state index in [0.717, 1.165) is 12.1 Å². The topological polar surface area (TPSA) is 68.3 Å². The lowest BCUT2D eigenvalue weighted by Gasteiger charge is -2.32. The number of carbonyl (C=O) groups excluding carboxylic acids is 2. The fraction of sp³-hybridized carbons (Fsp3) is 0.500. The van der Waals surface area contributed by atoms with E-state index >= 15 is 0 Å². The number of hydrogen-bond acceptors (Lipinski definition) is 6. The lowest BCUT2D eigenvalue weighted by molar-refractivity contribution is -0.276. The summed E-state index contributed by atoms with van der Waals surface area (Å²) in [6, 6.07) is 1.97. The number of ether oxygens (including phenoxy) is 3. The number of hydrogen-bond donors (Lipinski definition) is 0. The van der Waals surface area contributed by atoms with Crippen molar-refractivity contribution in [2.75, 3.05) is 32.7 Å². The molecular formula is C16H15F6N2O5. The third-order valence-electron chi connectivity index (χ3n) is 3.69. The van der Waals surface area contributed by atoms with Crippen molar-refractivity contribution < 1.29 is 50.1 Å². The van der Waals surface area contributed by atoms with E-state index in [1.807, 2.05) is 0 Å². The van der Waals surface area contributed by atoms with E-state index < -0.39 is 36.9 Å². The second kappa shape index (κ2) is 9.20. The average molecular weight is 429 g/mol. The first-order valence-electron chi connectivity index (χ1n) is 8.10. The highest BCUT2D eigenvalue weighted by Gasteiger charge is 2.34. The Morgan fingerprint density at radius 3 is 1.90 bits per heavy atom. The summed E-state index contributed by atoms with van der Waals surface area (Å²) in [5, 5.41) is 0. The largest absolute Gasteiger partial charge is 0.573 e. The zero-order valence-electron chi connectivity index (χ0n) is 14.7. The van der Waals surface area contributed by atoms with Crippen LogP contribution >= 0.6 is 0 Å². The molecule has 1 radical (unpaired) electrons. The minimum atomic E-state index is -5.14. The molecule has 2 rings (SSSR count). The molecule has 29 heavy (non-hydrogen) atoms. The molecule has 1 heterocycles. The molecule has 1 aliphatic heterocycles. The Morgan fingerprint density at radius 1 is 0.931 bits per heavy atom. The molecule has 13 heteroatoms. The Morgan fingerprint density at radius 2 is 1.45 bits per heavy atom. The third-order valence-corrected chi connectivity index (χ3v) is 3.69. The standard InChI is InChI=1S/C16H15F6N2O5/c17-15(18,19)28-12-7-11(8-13(9-12)29-16(20,21)22)10-27-14(26)24-3-1-23(2-4-24)5-6-25/h7-9H,1-5,10H2. The first-order valence-corrected chi connectivity index (χ1v) is 8.10. The van der Waals surface area contributed by atoms with Gasteiger partial charge >= 0.3 is 18.8 Å². The monoisotopic (exact) mass is 429 g/mol.